The summed E-state index contributed by atoms with van der Waals surface area (Å²) in [7, 11) is 1.89. The number of likely N-dealkylation sites (tertiary alicyclic amines) is 1. The van der Waals surface area contributed by atoms with Crippen molar-refractivity contribution in [3.8, 4) is 0 Å². The zero-order chi connectivity index (χ0) is 18.0. The van der Waals surface area contributed by atoms with Crippen LogP contribution in [-0.4, -0.2) is 52.2 Å². The number of amides is 1. The van der Waals surface area contributed by atoms with Gasteiger partial charge in [0.25, 0.3) is 5.91 Å². The van der Waals surface area contributed by atoms with Gasteiger partial charge in [0.1, 0.15) is 5.69 Å². The van der Waals surface area contributed by atoms with Crippen LogP contribution in [0.5, 0.6) is 0 Å². The summed E-state index contributed by atoms with van der Waals surface area (Å²) in [4.78, 5) is 18.8. The Bertz CT molecular complexity index is 742. The molecule has 2 saturated heterocycles. The molecule has 4 rings (SSSR count). The number of nitrogens with zero attached hydrogens (tertiary/aromatic N) is 3. The third-order valence-corrected chi connectivity index (χ3v) is 5.51. The van der Waals surface area contributed by atoms with Crippen LogP contribution in [0.4, 0.5) is 0 Å². The molecule has 1 N–H and O–H groups in total. The minimum atomic E-state index is -0.0101. The predicted molar refractivity (Wildman–Crippen MR) is 98.7 cm³/mol. The molecule has 2 fully saturated rings. The van der Waals surface area contributed by atoms with Crippen molar-refractivity contribution in [2.45, 2.75) is 25.0 Å². The molecular formula is C20H26N4O2. The normalized spacial score (nSPS) is 22.1. The molecule has 2 aromatic rings. The van der Waals surface area contributed by atoms with Crippen molar-refractivity contribution in [1.29, 1.82) is 0 Å². The molecule has 1 atom stereocenters. The van der Waals surface area contributed by atoms with Gasteiger partial charge in [-0.3, -0.25) is 14.7 Å². The van der Waals surface area contributed by atoms with Crippen LogP contribution in [0.3, 0.4) is 0 Å². The Hall–Kier alpha value is -2.18. The summed E-state index contributed by atoms with van der Waals surface area (Å²) in [5.74, 6) is 0.390. The minimum absolute atomic E-state index is 0.0101. The minimum Gasteiger partial charge on any atom is -0.372 e. The fraction of sp³-hybridized carbons (Fsp3) is 0.500. The van der Waals surface area contributed by atoms with Gasteiger partial charge in [0, 0.05) is 51.8 Å². The molecule has 2 aliphatic heterocycles. The molecule has 0 radical (unpaired) electrons. The number of aryl methyl sites for hydroxylation is 1. The van der Waals surface area contributed by atoms with Crippen molar-refractivity contribution in [2.24, 2.45) is 13.0 Å². The molecule has 2 aromatic heterocycles. The van der Waals surface area contributed by atoms with Crippen LogP contribution in [0.25, 0.3) is 0 Å². The van der Waals surface area contributed by atoms with E-state index in [9.17, 15) is 4.79 Å². The molecule has 0 aromatic carbocycles. The number of aromatic nitrogens is 2. The topological polar surface area (TPSA) is 59.4 Å². The van der Waals surface area contributed by atoms with Gasteiger partial charge in [-0.05, 0) is 42.5 Å². The Morgan fingerprint density at radius 2 is 2.27 bits per heavy atom. The Morgan fingerprint density at radius 3 is 2.92 bits per heavy atom. The van der Waals surface area contributed by atoms with Crippen molar-refractivity contribution in [2.75, 3.05) is 26.2 Å². The van der Waals surface area contributed by atoms with Gasteiger partial charge >= 0.3 is 0 Å². The second-order valence-corrected chi connectivity index (χ2v) is 7.62. The highest BCUT2D eigenvalue weighted by molar-refractivity contribution is 5.92. The molecule has 0 bridgehead atoms. The van der Waals surface area contributed by atoms with Crippen LogP contribution >= 0.6 is 0 Å². The number of hydrogen-bond donors (Lipinski definition) is 1. The van der Waals surface area contributed by atoms with Crippen LogP contribution in [0.15, 0.2) is 42.9 Å². The Labute approximate surface area is 154 Å². The first kappa shape index (κ1) is 17.2. The zero-order valence-corrected chi connectivity index (χ0v) is 15.2. The first-order valence-corrected chi connectivity index (χ1v) is 9.28. The summed E-state index contributed by atoms with van der Waals surface area (Å²) < 4.78 is 8.06. The van der Waals surface area contributed by atoms with E-state index in [0.717, 1.165) is 39.1 Å². The fourth-order valence-corrected chi connectivity index (χ4v) is 3.98. The van der Waals surface area contributed by atoms with Crippen molar-refractivity contribution < 1.29 is 9.53 Å². The van der Waals surface area contributed by atoms with Gasteiger partial charge in [-0.2, -0.15) is 0 Å². The Kier molecular flexibility index (Phi) is 4.78. The second kappa shape index (κ2) is 7.21. The molecular weight excluding hydrogens is 328 g/mol. The number of hydrogen-bond acceptors (Lipinski definition) is 4. The van der Waals surface area contributed by atoms with E-state index in [1.54, 1.807) is 0 Å². The van der Waals surface area contributed by atoms with Crippen LogP contribution < -0.4 is 5.32 Å². The lowest BCUT2D eigenvalue weighted by atomic mass is 9.82. The van der Waals surface area contributed by atoms with E-state index >= 15 is 0 Å². The van der Waals surface area contributed by atoms with Gasteiger partial charge in [0.2, 0.25) is 0 Å². The van der Waals surface area contributed by atoms with Crippen LogP contribution in [0.1, 0.15) is 28.9 Å². The lowest BCUT2D eigenvalue weighted by molar-refractivity contribution is -0.181. The highest BCUT2D eigenvalue weighted by Crippen LogP contribution is 2.36. The summed E-state index contributed by atoms with van der Waals surface area (Å²) >= 11 is 0. The highest BCUT2D eigenvalue weighted by atomic mass is 16.5. The number of nitrogens with one attached hydrogen (secondary N) is 1. The molecule has 0 unspecified atom stereocenters. The van der Waals surface area contributed by atoms with Crippen LogP contribution in [0.2, 0.25) is 0 Å². The molecule has 1 spiro atoms. The lowest BCUT2D eigenvalue weighted by Gasteiger charge is -2.53. The monoisotopic (exact) mass is 354 g/mol. The van der Waals surface area contributed by atoms with E-state index in [0.29, 0.717) is 18.2 Å². The molecule has 1 amide bonds. The van der Waals surface area contributed by atoms with Gasteiger partial charge in [-0.1, -0.05) is 6.07 Å². The SMILES string of the molecule is Cn1cccc1C(=O)NC[C@H]1CCC2(CN(Cc3cccnc3)C2)OC1. The van der Waals surface area contributed by atoms with Crippen molar-refractivity contribution in [1.82, 2.24) is 19.8 Å². The average Bonchev–Trinajstić information content (AvgIpc) is 3.06. The second-order valence-electron chi connectivity index (χ2n) is 7.62. The van der Waals surface area contributed by atoms with Crippen LogP contribution in [0, 0.1) is 5.92 Å². The maximum atomic E-state index is 12.2. The molecule has 138 valence electrons. The number of pyridine rings is 1. The zero-order valence-electron chi connectivity index (χ0n) is 15.2. The standard InChI is InChI=1S/C20H26N4O2/c1-23-9-3-5-18(23)19(25)22-11-17-6-7-20(26-13-17)14-24(15-20)12-16-4-2-8-21-10-16/h2-5,8-10,17H,6-7,11-15H2,1H3,(H,22,25)/t17-/m1/s1. The maximum Gasteiger partial charge on any atom is 0.267 e. The van der Waals surface area contributed by atoms with Gasteiger partial charge in [0.15, 0.2) is 0 Å². The molecule has 6 heteroatoms. The third kappa shape index (κ3) is 3.66. The van der Waals surface area contributed by atoms with E-state index in [2.05, 4.69) is 21.3 Å². The van der Waals surface area contributed by atoms with Gasteiger partial charge in [0.05, 0.1) is 12.2 Å². The van der Waals surface area contributed by atoms with Gasteiger partial charge < -0.3 is 14.6 Å². The molecule has 6 nitrogen and oxygen atoms in total. The molecule has 26 heavy (non-hydrogen) atoms. The lowest BCUT2D eigenvalue weighted by Crippen LogP contribution is -2.64. The summed E-state index contributed by atoms with van der Waals surface area (Å²) in [6.07, 6.45) is 7.80. The average molecular weight is 354 g/mol. The summed E-state index contributed by atoms with van der Waals surface area (Å²) in [5, 5.41) is 3.04. The first-order chi connectivity index (χ1) is 12.6. The number of rotatable bonds is 5. The first-order valence-electron chi connectivity index (χ1n) is 9.28. The third-order valence-electron chi connectivity index (χ3n) is 5.51. The Balaban J connectivity index is 1.19. The summed E-state index contributed by atoms with van der Waals surface area (Å²) in [5.41, 5.74) is 1.98. The van der Waals surface area contributed by atoms with E-state index in [-0.39, 0.29) is 11.5 Å². The Morgan fingerprint density at radius 1 is 1.38 bits per heavy atom. The number of carbonyl (C=O) groups excluding carboxylic acids is 1. The van der Waals surface area contributed by atoms with Crippen molar-refractivity contribution >= 4 is 5.91 Å². The largest absolute Gasteiger partial charge is 0.372 e. The molecule has 2 aliphatic rings. The predicted octanol–water partition coefficient (Wildman–Crippen LogP) is 1.83. The molecule has 4 heterocycles. The quantitative estimate of drug-likeness (QED) is 0.890. The van der Waals surface area contributed by atoms with E-state index in [4.69, 9.17) is 4.74 Å². The molecule has 0 aliphatic carbocycles. The summed E-state index contributed by atoms with van der Waals surface area (Å²) in [6.45, 7) is 4.33. The number of carbonyl (C=O) groups is 1. The van der Waals surface area contributed by atoms with Crippen LogP contribution in [-0.2, 0) is 18.3 Å². The smallest absolute Gasteiger partial charge is 0.267 e. The highest BCUT2D eigenvalue weighted by Gasteiger charge is 2.46. The number of ether oxygens (including phenoxy) is 1. The fourth-order valence-electron chi connectivity index (χ4n) is 3.98. The van der Waals surface area contributed by atoms with Crippen molar-refractivity contribution in [3.63, 3.8) is 0 Å². The van der Waals surface area contributed by atoms with E-state index in [1.807, 2.05) is 48.4 Å². The maximum absolute atomic E-state index is 12.2. The molecule has 0 saturated carbocycles. The van der Waals surface area contributed by atoms with Crippen molar-refractivity contribution in [3.05, 3.63) is 54.1 Å². The van der Waals surface area contributed by atoms with E-state index in [1.165, 1.54) is 5.56 Å². The summed E-state index contributed by atoms with van der Waals surface area (Å²) in [6, 6.07) is 7.82. The van der Waals surface area contributed by atoms with E-state index < -0.39 is 0 Å². The van der Waals surface area contributed by atoms with Gasteiger partial charge in [-0.15, -0.1) is 0 Å². The van der Waals surface area contributed by atoms with Gasteiger partial charge in [-0.25, -0.2) is 0 Å².